The average Bonchev–Trinajstić information content (AvgIpc) is 3.71. The number of phenolic OH excluding ortho intramolecular Hbond substituents is 1. The van der Waals surface area contributed by atoms with Crippen LogP contribution in [0.4, 0.5) is 0 Å². The highest BCUT2D eigenvalue weighted by atomic mass is 32.1. The molecule has 0 bridgehead atoms. The maximum atomic E-state index is 10.2. The summed E-state index contributed by atoms with van der Waals surface area (Å²) < 4.78 is 2.22. The number of hydrogen-bond acceptors (Lipinski definition) is 7. The van der Waals surface area contributed by atoms with Crippen LogP contribution in [0.2, 0.25) is 0 Å². The van der Waals surface area contributed by atoms with Gasteiger partial charge in [0, 0.05) is 73.0 Å². The Morgan fingerprint density at radius 1 is 0.717 bits per heavy atom. The van der Waals surface area contributed by atoms with Gasteiger partial charge >= 0.3 is 0 Å². The fourth-order valence-corrected chi connectivity index (χ4v) is 12.6. The first-order valence-electron chi connectivity index (χ1n) is 22.4. The van der Waals surface area contributed by atoms with E-state index < -0.39 is 0 Å². The number of thiophene rings is 1. The summed E-state index contributed by atoms with van der Waals surface area (Å²) >= 11 is 1.82. The first-order valence-corrected chi connectivity index (χ1v) is 23.2. The third-order valence-corrected chi connectivity index (χ3v) is 16.1. The van der Waals surface area contributed by atoms with Crippen LogP contribution in [-0.4, -0.2) is 74.7 Å². The number of fused-ring (bicyclic) bond motifs is 4. The summed E-state index contributed by atoms with van der Waals surface area (Å²) in [5, 5.41) is 20.4. The highest BCUT2D eigenvalue weighted by molar-refractivity contribution is 7.15. The van der Waals surface area contributed by atoms with Crippen LogP contribution < -0.4 is 0 Å². The van der Waals surface area contributed by atoms with Gasteiger partial charge in [-0.05, 0) is 122 Å². The van der Waals surface area contributed by atoms with E-state index in [0.29, 0.717) is 29.4 Å². The summed E-state index contributed by atoms with van der Waals surface area (Å²) in [5.41, 5.74) is 13.2. The van der Waals surface area contributed by atoms with Crippen LogP contribution in [-0.2, 0) is 6.42 Å². The van der Waals surface area contributed by atoms with E-state index in [0.717, 1.165) is 42.0 Å². The molecule has 0 amide bonds. The van der Waals surface area contributed by atoms with Crippen molar-refractivity contribution in [2.75, 3.05) is 39.3 Å². The molecule has 2 saturated heterocycles. The summed E-state index contributed by atoms with van der Waals surface area (Å²) in [6.07, 6.45) is 4.87. The van der Waals surface area contributed by atoms with E-state index >= 15 is 0 Å². The predicted molar refractivity (Wildman–Crippen MR) is 242 cm³/mol. The van der Waals surface area contributed by atoms with Crippen molar-refractivity contribution in [3.05, 3.63) is 164 Å². The number of aromatic nitrogens is 3. The first kappa shape index (κ1) is 38.1. The van der Waals surface area contributed by atoms with Crippen molar-refractivity contribution in [3.63, 3.8) is 0 Å². The third-order valence-electron chi connectivity index (χ3n) is 14.9. The summed E-state index contributed by atoms with van der Waals surface area (Å²) in [4.78, 5) is 12.0. The lowest BCUT2D eigenvalue weighted by Gasteiger charge is -2.48. The molecule has 3 fully saturated rings. The van der Waals surface area contributed by atoms with E-state index in [4.69, 9.17) is 4.99 Å². The van der Waals surface area contributed by atoms with Crippen LogP contribution in [0.15, 0.2) is 102 Å². The van der Waals surface area contributed by atoms with Crippen LogP contribution in [0.3, 0.4) is 0 Å². The Kier molecular flexibility index (Phi) is 9.66. The third kappa shape index (κ3) is 6.76. The van der Waals surface area contributed by atoms with Gasteiger partial charge in [-0.1, -0.05) is 84.9 Å². The van der Waals surface area contributed by atoms with Crippen LogP contribution in [0.1, 0.15) is 122 Å². The number of aliphatic imine (C=N–C) groups is 1. The number of likely N-dealkylation sites (tertiary alicyclic amines) is 2. The Hall–Kier alpha value is -4.89. The molecule has 2 aliphatic carbocycles. The molecule has 1 saturated carbocycles. The smallest absolute Gasteiger partial charge is 0.162 e. The van der Waals surface area contributed by atoms with Crippen molar-refractivity contribution >= 4 is 17.0 Å². The molecule has 5 aliphatic rings. The first-order chi connectivity index (χ1) is 29.2. The summed E-state index contributed by atoms with van der Waals surface area (Å²) in [6.45, 7) is 15.9. The molecule has 4 aromatic carbocycles. The van der Waals surface area contributed by atoms with Crippen molar-refractivity contribution in [1.29, 1.82) is 0 Å². The summed E-state index contributed by atoms with van der Waals surface area (Å²) in [5.74, 6) is 5.93. The zero-order valence-electron chi connectivity index (χ0n) is 35.4. The summed E-state index contributed by atoms with van der Waals surface area (Å²) in [6, 6.07) is 35.9. The molecule has 306 valence electrons. The molecule has 0 spiro atoms. The Balaban J connectivity index is 0.653. The van der Waals surface area contributed by atoms with Gasteiger partial charge in [0.05, 0.1) is 5.71 Å². The Morgan fingerprint density at radius 3 is 2.02 bits per heavy atom. The molecule has 3 aliphatic heterocycles. The van der Waals surface area contributed by atoms with Gasteiger partial charge in [-0.3, -0.25) is 9.56 Å². The van der Waals surface area contributed by atoms with Crippen molar-refractivity contribution in [2.45, 2.75) is 83.1 Å². The van der Waals surface area contributed by atoms with Crippen molar-refractivity contribution in [3.8, 4) is 10.8 Å². The van der Waals surface area contributed by atoms with E-state index in [1.54, 1.807) is 0 Å². The standard InChI is InChI=1S/C52H56N6OS/c1-31-33(3)60-52-48(31)50(53-32(2)51-55-54-34(4)58(51)52)41-16-12-38(13-17-41)44-29-57(30-44)26-36-22-35(23-36)25-56-27-43(28-56)37-10-14-40(15-11-37)49-46(39-8-6-5-7-9-39)20-18-42-24-45(59)19-21-47(42)49/h5-17,19,21,24,32,35-36,43-44,46,49,59H,18,20,22-23,25-30H2,1-4H3/t32-,35?,36?,46+,49-/m0/s1. The zero-order chi connectivity index (χ0) is 40.6. The molecule has 6 aromatic rings. The van der Waals surface area contributed by atoms with E-state index in [9.17, 15) is 5.11 Å². The van der Waals surface area contributed by atoms with E-state index in [2.05, 4.69) is 130 Å². The number of aromatic hydroxyl groups is 1. The fraction of sp³-hybridized carbons (Fsp3) is 0.404. The average molecular weight is 813 g/mol. The second-order valence-corrected chi connectivity index (χ2v) is 20.0. The largest absolute Gasteiger partial charge is 0.508 e. The van der Waals surface area contributed by atoms with Crippen LogP contribution >= 0.6 is 11.3 Å². The molecule has 11 rings (SSSR count). The minimum atomic E-state index is -0.0585. The molecule has 0 radical (unpaired) electrons. The molecule has 7 nitrogen and oxygen atoms in total. The molecule has 0 unspecified atom stereocenters. The zero-order valence-corrected chi connectivity index (χ0v) is 36.2. The fourth-order valence-electron chi connectivity index (χ4n) is 11.4. The molecular weight excluding hydrogens is 757 g/mol. The molecule has 3 atom stereocenters. The van der Waals surface area contributed by atoms with Gasteiger partial charge in [-0.2, -0.15) is 0 Å². The second-order valence-electron chi connectivity index (χ2n) is 18.8. The van der Waals surface area contributed by atoms with Gasteiger partial charge in [0.2, 0.25) is 0 Å². The Morgan fingerprint density at radius 2 is 1.35 bits per heavy atom. The Labute approximate surface area is 358 Å². The number of aryl methyl sites for hydroxylation is 3. The van der Waals surface area contributed by atoms with Crippen molar-refractivity contribution in [1.82, 2.24) is 24.6 Å². The minimum absolute atomic E-state index is 0.0585. The quantitative estimate of drug-likeness (QED) is 0.158. The molecule has 2 aromatic heterocycles. The predicted octanol–water partition coefficient (Wildman–Crippen LogP) is 10.3. The highest BCUT2D eigenvalue weighted by Crippen LogP contribution is 2.48. The van der Waals surface area contributed by atoms with E-state index in [1.165, 1.54) is 112 Å². The number of nitrogens with zero attached hydrogens (tertiary/aromatic N) is 6. The minimum Gasteiger partial charge on any atom is -0.508 e. The van der Waals surface area contributed by atoms with Gasteiger partial charge in [-0.15, -0.1) is 21.5 Å². The summed E-state index contributed by atoms with van der Waals surface area (Å²) in [7, 11) is 0. The molecule has 5 heterocycles. The van der Waals surface area contributed by atoms with E-state index in [1.807, 2.05) is 30.4 Å². The number of rotatable bonds is 9. The second kappa shape index (κ2) is 15.2. The Bertz CT molecular complexity index is 2560. The molecule has 1 N–H and O–H groups in total. The molecular formula is C52H56N6OS. The van der Waals surface area contributed by atoms with Crippen LogP contribution in [0.5, 0.6) is 5.75 Å². The van der Waals surface area contributed by atoms with Crippen LogP contribution in [0, 0.1) is 32.6 Å². The van der Waals surface area contributed by atoms with Crippen molar-refractivity contribution in [2.24, 2.45) is 16.8 Å². The lowest BCUT2D eigenvalue weighted by Crippen LogP contribution is -2.52. The van der Waals surface area contributed by atoms with Gasteiger partial charge in [0.1, 0.15) is 22.6 Å². The number of phenols is 1. The number of hydrogen-bond donors (Lipinski definition) is 1. The lowest BCUT2D eigenvalue weighted by molar-refractivity contribution is 0.0375. The van der Waals surface area contributed by atoms with Gasteiger partial charge in [-0.25, -0.2) is 0 Å². The normalized spacial score (nSPS) is 24.3. The van der Waals surface area contributed by atoms with Crippen LogP contribution in [0.25, 0.3) is 5.00 Å². The van der Waals surface area contributed by atoms with Crippen molar-refractivity contribution < 1.29 is 5.11 Å². The maximum absolute atomic E-state index is 10.2. The molecule has 60 heavy (non-hydrogen) atoms. The monoisotopic (exact) mass is 812 g/mol. The lowest BCUT2D eigenvalue weighted by atomic mass is 9.69. The SMILES string of the molecule is Cc1sc2c(c1C)C(c1ccc(C3CN(CC4CC(CN5CC(c6ccc([C@@H]7c8ccc(O)cc8CC[C@@H]7c7ccccc7)cc6)C5)C4)C3)cc1)=N[C@@H](C)c1nnc(C)n1-2. The van der Waals surface area contributed by atoms with Gasteiger partial charge in [0.25, 0.3) is 0 Å². The molecule has 8 heteroatoms. The van der Waals surface area contributed by atoms with Gasteiger partial charge < -0.3 is 14.9 Å². The highest BCUT2D eigenvalue weighted by Gasteiger charge is 2.39. The van der Waals surface area contributed by atoms with E-state index in [-0.39, 0.29) is 6.04 Å². The van der Waals surface area contributed by atoms with Gasteiger partial charge in [0.15, 0.2) is 5.82 Å². The maximum Gasteiger partial charge on any atom is 0.162 e. The topological polar surface area (TPSA) is 69.8 Å². The number of benzene rings is 4.